The van der Waals surface area contributed by atoms with Crippen molar-refractivity contribution in [3.05, 3.63) is 24.3 Å². The van der Waals surface area contributed by atoms with E-state index in [0.29, 0.717) is 6.42 Å². The van der Waals surface area contributed by atoms with Crippen LogP contribution in [-0.2, 0) is 33.2 Å². The van der Waals surface area contributed by atoms with Crippen LogP contribution in [0.4, 0.5) is 0 Å². The van der Waals surface area contributed by atoms with Crippen LogP contribution >= 0.6 is 0 Å². The fourth-order valence-corrected chi connectivity index (χ4v) is 7.95. The number of carbonyl (C=O) groups excluding carboxylic acids is 1. The van der Waals surface area contributed by atoms with Gasteiger partial charge in [0.15, 0.2) is 18.9 Å². The maximum atomic E-state index is 13.1. The molecule has 0 saturated carbocycles. The highest BCUT2D eigenvalue weighted by Crippen LogP contribution is 2.33. The van der Waals surface area contributed by atoms with Crippen LogP contribution in [-0.4, -0.2) is 193 Å². The number of hydrogen-bond acceptors (Lipinski definition) is 18. The molecule has 17 unspecified atom stereocenters. The number of allylic oxidation sites excluding steroid dienone is 3. The van der Waals surface area contributed by atoms with Crippen molar-refractivity contribution in [2.75, 3.05) is 26.4 Å². The van der Waals surface area contributed by atoms with Gasteiger partial charge in [-0.2, -0.15) is 0 Å². The lowest BCUT2D eigenvalue weighted by Gasteiger charge is -2.48. The maximum Gasteiger partial charge on any atom is 0.220 e. The topological polar surface area (TPSA) is 307 Å². The van der Waals surface area contributed by atoms with Crippen LogP contribution in [0.3, 0.4) is 0 Å². The fourth-order valence-electron chi connectivity index (χ4n) is 7.95. The summed E-state index contributed by atoms with van der Waals surface area (Å²) < 4.78 is 34.0. The summed E-state index contributed by atoms with van der Waals surface area (Å²) in [6, 6.07) is -0.969. The molecule has 3 heterocycles. The Balaban J connectivity index is 1.60. The van der Waals surface area contributed by atoms with Crippen molar-refractivity contribution < 1.29 is 89.4 Å². The number of aliphatic hydroxyl groups excluding tert-OH is 11. The van der Waals surface area contributed by atoms with Gasteiger partial charge in [0.25, 0.3) is 0 Å². The van der Waals surface area contributed by atoms with Crippen LogP contribution in [0.15, 0.2) is 24.3 Å². The van der Waals surface area contributed by atoms with Gasteiger partial charge in [0, 0.05) is 6.42 Å². The van der Waals surface area contributed by atoms with E-state index in [-0.39, 0.29) is 18.9 Å². The van der Waals surface area contributed by atoms with Crippen molar-refractivity contribution in [3.8, 4) is 0 Å². The van der Waals surface area contributed by atoms with E-state index in [9.17, 15) is 61.0 Å². The molecule has 3 saturated heterocycles. The van der Waals surface area contributed by atoms with Gasteiger partial charge in [-0.05, 0) is 38.5 Å². The zero-order valence-electron chi connectivity index (χ0n) is 37.8. The third-order valence-electron chi connectivity index (χ3n) is 12.0. The second kappa shape index (κ2) is 31.3. The summed E-state index contributed by atoms with van der Waals surface area (Å²) >= 11 is 0. The first-order chi connectivity index (χ1) is 30.8. The van der Waals surface area contributed by atoms with Crippen LogP contribution in [0.1, 0.15) is 123 Å². The highest BCUT2D eigenvalue weighted by molar-refractivity contribution is 5.76. The molecule has 374 valence electrons. The number of nitrogens with one attached hydrogen (secondary N) is 1. The smallest absolute Gasteiger partial charge is 0.220 e. The Morgan fingerprint density at radius 2 is 1.02 bits per heavy atom. The van der Waals surface area contributed by atoms with Crippen LogP contribution in [0.25, 0.3) is 0 Å². The van der Waals surface area contributed by atoms with E-state index in [1.54, 1.807) is 6.08 Å². The molecule has 19 nitrogen and oxygen atoms in total. The van der Waals surface area contributed by atoms with Gasteiger partial charge in [-0.3, -0.25) is 4.79 Å². The van der Waals surface area contributed by atoms with Gasteiger partial charge in [-0.1, -0.05) is 102 Å². The van der Waals surface area contributed by atoms with Gasteiger partial charge in [0.2, 0.25) is 5.91 Å². The standard InChI is InChI=1S/C45H81NO18/c1-3-5-7-9-11-13-15-17-19-21-23-33(51)46-28(29(50)22-20-18-16-14-12-10-8-6-4-2)27-59-43-39(57)36(54)41(31(25-48)61-43)64-45-40(58)37(55)42(32(26-49)62-45)63-44-38(56)35(53)34(52)30(24-47)60-44/h7,9,20,22,28-32,34-45,47-50,52-58H,3-6,8,10-19,21,23-27H2,1-2H3,(H,46,51)/b9-7-,22-20+. The van der Waals surface area contributed by atoms with Crippen molar-refractivity contribution in [1.82, 2.24) is 5.32 Å². The molecule has 0 spiro atoms. The average Bonchev–Trinajstić information content (AvgIpc) is 3.29. The Morgan fingerprint density at radius 3 is 1.58 bits per heavy atom. The highest BCUT2D eigenvalue weighted by atomic mass is 16.8. The molecule has 0 radical (unpaired) electrons. The summed E-state index contributed by atoms with van der Waals surface area (Å²) in [7, 11) is 0. The molecule has 3 rings (SSSR count). The van der Waals surface area contributed by atoms with Gasteiger partial charge >= 0.3 is 0 Å². The third kappa shape index (κ3) is 18.1. The fraction of sp³-hybridized carbons (Fsp3) is 0.889. The number of rotatable bonds is 31. The molecule has 3 aliphatic heterocycles. The van der Waals surface area contributed by atoms with Crippen molar-refractivity contribution in [3.63, 3.8) is 0 Å². The number of hydrogen-bond donors (Lipinski definition) is 12. The summed E-state index contributed by atoms with van der Waals surface area (Å²) in [6.07, 6.45) is -2.06. The normalized spacial score (nSPS) is 34.7. The Kier molecular flexibility index (Phi) is 27.7. The minimum atomic E-state index is -1.97. The van der Waals surface area contributed by atoms with Crippen LogP contribution < -0.4 is 5.32 Å². The first-order valence-corrected chi connectivity index (χ1v) is 23.6. The molecule has 64 heavy (non-hydrogen) atoms. The van der Waals surface area contributed by atoms with Gasteiger partial charge < -0.3 is 89.9 Å². The molecular formula is C45H81NO18. The minimum Gasteiger partial charge on any atom is -0.394 e. The molecule has 3 aliphatic rings. The minimum absolute atomic E-state index is 0.232. The van der Waals surface area contributed by atoms with Gasteiger partial charge in [0.1, 0.15) is 73.2 Å². The maximum absolute atomic E-state index is 13.1. The second-order valence-electron chi connectivity index (χ2n) is 17.2. The van der Waals surface area contributed by atoms with Gasteiger partial charge in [0.05, 0.1) is 38.6 Å². The van der Waals surface area contributed by atoms with Crippen molar-refractivity contribution in [2.24, 2.45) is 0 Å². The summed E-state index contributed by atoms with van der Waals surface area (Å²) in [5, 5.41) is 119. The average molecular weight is 924 g/mol. The second-order valence-corrected chi connectivity index (χ2v) is 17.2. The summed E-state index contributed by atoms with van der Waals surface area (Å²) in [5.41, 5.74) is 0. The molecule has 0 aromatic carbocycles. The molecule has 12 N–H and O–H groups in total. The molecule has 0 bridgehead atoms. The lowest BCUT2D eigenvalue weighted by atomic mass is 9.96. The Bertz CT molecular complexity index is 1290. The summed E-state index contributed by atoms with van der Waals surface area (Å²) in [6.45, 7) is 1.55. The lowest BCUT2D eigenvalue weighted by molar-refractivity contribution is -0.379. The van der Waals surface area contributed by atoms with Crippen LogP contribution in [0.5, 0.6) is 0 Å². The lowest BCUT2D eigenvalue weighted by Crippen LogP contribution is -2.66. The van der Waals surface area contributed by atoms with Crippen LogP contribution in [0, 0.1) is 0 Å². The van der Waals surface area contributed by atoms with Gasteiger partial charge in [-0.25, -0.2) is 0 Å². The van der Waals surface area contributed by atoms with Crippen molar-refractivity contribution in [1.29, 1.82) is 0 Å². The number of ether oxygens (including phenoxy) is 6. The van der Waals surface area contributed by atoms with Crippen LogP contribution in [0.2, 0.25) is 0 Å². The summed E-state index contributed by atoms with van der Waals surface area (Å²) in [5.74, 6) is -0.294. The molecule has 17 atom stereocenters. The van der Waals surface area contributed by atoms with E-state index < -0.39 is 124 Å². The largest absolute Gasteiger partial charge is 0.394 e. The molecule has 1 amide bonds. The van der Waals surface area contributed by atoms with Crippen molar-refractivity contribution in [2.45, 2.75) is 227 Å². The Labute approximate surface area is 378 Å². The third-order valence-corrected chi connectivity index (χ3v) is 12.0. The number of amides is 1. The predicted molar refractivity (Wildman–Crippen MR) is 231 cm³/mol. The number of unbranched alkanes of at least 4 members (excludes halogenated alkanes) is 13. The van der Waals surface area contributed by atoms with E-state index in [4.69, 9.17) is 28.4 Å². The zero-order valence-corrected chi connectivity index (χ0v) is 37.8. The van der Waals surface area contributed by atoms with E-state index in [1.807, 2.05) is 6.08 Å². The van der Waals surface area contributed by atoms with Gasteiger partial charge in [-0.15, -0.1) is 0 Å². The quantitative estimate of drug-likeness (QED) is 0.0324. The Morgan fingerprint density at radius 1 is 0.547 bits per heavy atom. The highest BCUT2D eigenvalue weighted by Gasteiger charge is 2.53. The van der Waals surface area contributed by atoms with E-state index >= 15 is 0 Å². The first-order valence-electron chi connectivity index (χ1n) is 23.6. The zero-order chi connectivity index (χ0) is 47.0. The SMILES string of the molecule is CCC/C=C\CCCCCCCC(=O)NC(COC1OC(CO)C(OC2OC(CO)C(OC3OC(CO)C(O)C(O)C3O)C(O)C2O)C(O)C1O)C(O)/C=C/CCCCCCCCC. The Hall–Kier alpha value is -1.73. The molecule has 0 aromatic rings. The first kappa shape index (κ1) is 56.6. The monoisotopic (exact) mass is 924 g/mol. The van der Waals surface area contributed by atoms with E-state index in [0.717, 1.165) is 70.6 Å². The predicted octanol–water partition coefficient (Wildman–Crippen LogP) is 0.0809. The number of carbonyl (C=O) groups is 1. The van der Waals surface area contributed by atoms with Crippen molar-refractivity contribution >= 4 is 5.91 Å². The molecule has 19 heteroatoms. The van der Waals surface area contributed by atoms with E-state index in [1.165, 1.54) is 25.7 Å². The molecule has 0 aliphatic carbocycles. The molecule has 0 aromatic heterocycles. The molecular weight excluding hydrogens is 842 g/mol. The molecule has 3 fully saturated rings. The van der Waals surface area contributed by atoms with E-state index in [2.05, 4.69) is 31.3 Å². The number of aliphatic hydroxyl groups is 11. The summed E-state index contributed by atoms with van der Waals surface area (Å²) in [4.78, 5) is 13.1.